The van der Waals surface area contributed by atoms with Crippen LogP contribution in [0.2, 0.25) is 5.02 Å². The van der Waals surface area contributed by atoms with E-state index in [1.54, 1.807) is 13.3 Å². The lowest BCUT2D eigenvalue weighted by atomic mass is 10.0. The Kier molecular flexibility index (Phi) is 6.21. The first kappa shape index (κ1) is 22.6. The van der Waals surface area contributed by atoms with Crippen LogP contribution < -0.4 is 10.1 Å². The molecule has 0 aliphatic carbocycles. The van der Waals surface area contributed by atoms with Crippen molar-refractivity contribution in [2.75, 3.05) is 12.4 Å². The van der Waals surface area contributed by atoms with E-state index in [0.29, 0.717) is 28.6 Å². The predicted molar refractivity (Wildman–Crippen MR) is 138 cm³/mol. The third-order valence-corrected chi connectivity index (χ3v) is 6.07. The third kappa shape index (κ3) is 4.88. The van der Waals surface area contributed by atoms with E-state index in [-0.39, 0.29) is 5.91 Å². The summed E-state index contributed by atoms with van der Waals surface area (Å²) in [5, 5.41) is 3.62. The second-order valence-electron chi connectivity index (χ2n) is 8.27. The van der Waals surface area contributed by atoms with Crippen LogP contribution in [0.15, 0.2) is 85.3 Å². The number of ether oxygens (including phenoxy) is 1. The van der Waals surface area contributed by atoms with Gasteiger partial charge in [-0.3, -0.25) is 4.79 Å². The van der Waals surface area contributed by atoms with Crippen LogP contribution in [0.3, 0.4) is 0 Å². The summed E-state index contributed by atoms with van der Waals surface area (Å²) >= 11 is 6.01. The molecule has 35 heavy (non-hydrogen) atoms. The summed E-state index contributed by atoms with van der Waals surface area (Å²) in [6.45, 7) is 2.04. The van der Waals surface area contributed by atoms with Gasteiger partial charge in [0.25, 0.3) is 5.91 Å². The number of fused-ring (bicyclic) bond motifs is 1. The van der Waals surface area contributed by atoms with E-state index in [1.165, 1.54) is 0 Å². The average Bonchev–Trinajstić information content (AvgIpc) is 3.31. The van der Waals surface area contributed by atoms with Crippen molar-refractivity contribution in [1.29, 1.82) is 0 Å². The van der Waals surface area contributed by atoms with Gasteiger partial charge in [0, 0.05) is 28.7 Å². The number of benzene rings is 2. The number of methoxy groups -OCH3 is 1. The Balaban J connectivity index is 1.37. The van der Waals surface area contributed by atoms with Crippen LogP contribution in [0, 0.1) is 6.92 Å². The number of imidazole rings is 1. The summed E-state index contributed by atoms with van der Waals surface area (Å²) in [5.74, 6) is 0.310. The zero-order valence-corrected chi connectivity index (χ0v) is 20.1. The van der Waals surface area contributed by atoms with Crippen molar-refractivity contribution in [2.24, 2.45) is 0 Å². The van der Waals surface area contributed by atoms with Gasteiger partial charge in [-0.1, -0.05) is 41.9 Å². The minimum atomic E-state index is -0.285. The molecule has 5 aromatic rings. The number of carbonyl (C=O) groups is 1. The number of carbonyl (C=O) groups excluding carboxylic acids is 1. The van der Waals surface area contributed by atoms with Gasteiger partial charge < -0.3 is 14.5 Å². The monoisotopic (exact) mass is 482 g/mol. The van der Waals surface area contributed by atoms with Crippen LogP contribution >= 0.6 is 11.6 Å². The molecule has 0 saturated carbocycles. The zero-order chi connectivity index (χ0) is 24.4. The first-order chi connectivity index (χ1) is 17.0. The summed E-state index contributed by atoms with van der Waals surface area (Å²) < 4.78 is 7.34. The van der Waals surface area contributed by atoms with Gasteiger partial charge in [-0.25, -0.2) is 9.97 Å². The number of rotatable bonds is 6. The minimum Gasteiger partial charge on any atom is -0.495 e. The van der Waals surface area contributed by atoms with Crippen LogP contribution in [0.25, 0.3) is 16.9 Å². The first-order valence-electron chi connectivity index (χ1n) is 11.1. The van der Waals surface area contributed by atoms with E-state index in [4.69, 9.17) is 21.3 Å². The highest BCUT2D eigenvalue weighted by Gasteiger charge is 2.16. The van der Waals surface area contributed by atoms with Gasteiger partial charge in [-0.2, -0.15) is 0 Å². The number of aryl methyl sites for hydroxylation is 1. The van der Waals surface area contributed by atoms with E-state index >= 15 is 0 Å². The molecule has 0 radical (unpaired) electrons. The van der Waals surface area contributed by atoms with Crippen molar-refractivity contribution in [3.05, 3.63) is 113 Å². The topological polar surface area (TPSA) is 68.5 Å². The first-order valence-corrected chi connectivity index (χ1v) is 11.5. The maximum absolute atomic E-state index is 13.1. The molecule has 0 spiro atoms. The largest absolute Gasteiger partial charge is 0.495 e. The Morgan fingerprint density at radius 3 is 2.57 bits per heavy atom. The van der Waals surface area contributed by atoms with Crippen molar-refractivity contribution >= 4 is 28.8 Å². The van der Waals surface area contributed by atoms with Crippen LogP contribution in [-0.2, 0) is 6.42 Å². The summed E-state index contributed by atoms with van der Waals surface area (Å²) in [7, 11) is 1.58. The molecule has 5 rings (SSSR count). The van der Waals surface area contributed by atoms with Crippen LogP contribution in [0.1, 0.15) is 27.2 Å². The van der Waals surface area contributed by atoms with Crippen molar-refractivity contribution in [1.82, 2.24) is 14.4 Å². The average molecular weight is 483 g/mol. The molecule has 1 N–H and O–H groups in total. The summed E-state index contributed by atoms with van der Waals surface area (Å²) in [4.78, 5) is 22.3. The molecule has 0 saturated heterocycles. The fourth-order valence-corrected chi connectivity index (χ4v) is 4.09. The van der Waals surface area contributed by atoms with E-state index in [0.717, 1.165) is 33.6 Å². The van der Waals surface area contributed by atoms with Crippen molar-refractivity contribution in [3.63, 3.8) is 0 Å². The Morgan fingerprint density at radius 1 is 1.09 bits per heavy atom. The van der Waals surface area contributed by atoms with Gasteiger partial charge in [-0.05, 0) is 66.4 Å². The van der Waals surface area contributed by atoms with Crippen molar-refractivity contribution < 1.29 is 9.53 Å². The molecule has 1 amide bonds. The summed E-state index contributed by atoms with van der Waals surface area (Å²) in [6, 6.07) is 21.0. The maximum Gasteiger partial charge on any atom is 0.274 e. The third-order valence-electron chi connectivity index (χ3n) is 5.82. The summed E-state index contributed by atoms with van der Waals surface area (Å²) in [6.07, 6.45) is 6.06. The normalized spacial score (nSPS) is 10.9. The smallest absolute Gasteiger partial charge is 0.274 e. The standard InChI is InChI=1S/C28H23ClN4O2/c1-18-4-3-13-33-17-25(32-27(18)33)20-7-11-23(12-8-20)31-28(34)26-21(15-24(35-2)16-30-26)14-19-5-9-22(29)10-6-19/h3-13,15-17H,14H2,1-2H3,(H,31,34). The molecule has 7 heteroatoms. The van der Waals surface area contributed by atoms with Crippen LogP contribution in [0.5, 0.6) is 5.75 Å². The predicted octanol–water partition coefficient (Wildman–Crippen LogP) is 6.21. The van der Waals surface area contributed by atoms with Gasteiger partial charge in [0.1, 0.15) is 17.1 Å². The quantitative estimate of drug-likeness (QED) is 0.312. The number of amides is 1. The molecule has 3 heterocycles. The van der Waals surface area contributed by atoms with Gasteiger partial charge in [0.05, 0.1) is 19.0 Å². The molecule has 0 bridgehead atoms. The molecule has 174 valence electrons. The minimum absolute atomic E-state index is 0.285. The molecule has 0 aliphatic rings. The second kappa shape index (κ2) is 9.60. The fraction of sp³-hybridized carbons (Fsp3) is 0.107. The second-order valence-corrected chi connectivity index (χ2v) is 8.70. The molecule has 0 aliphatic heterocycles. The maximum atomic E-state index is 13.1. The van der Waals surface area contributed by atoms with Gasteiger partial charge in [0.15, 0.2) is 0 Å². The Bertz CT molecular complexity index is 1510. The molecule has 3 aromatic heterocycles. The van der Waals surface area contributed by atoms with Crippen LogP contribution in [0.4, 0.5) is 5.69 Å². The zero-order valence-electron chi connectivity index (χ0n) is 19.3. The number of hydrogen-bond acceptors (Lipinski definition) is 4. The van der Waals surface area contributed by atoms with E-state index in [2.05, 4.69) is 10.3 Å². The lowest BCUT2D eigenvalue weighted by Crippen LogP contribution is -2.16. The Labute approximate surface area is 208 Å². The number of hydrogen-bond donors (Lipinski definition) is 1. The number of nitrogens with one attached hydrogen (secondary N) is 1. The highest BCUT2D eigenvalue weighted by molar-refractivity contribution is 6.30. The van der Waals surface area contributed by atoms with E-state index in [1.807, 2.05) is 90.4 Å². The van der Waals surface area contributed by atoms with Crippen LogP contribution in [-0.4, -0.2) is 27.4 Å². The highest BCUT2D eigenvalue weighted by atomic mass is 35.5. The fourth-order valence-electron chi connectivity index (χ4n) is 3.97. The Morgan fingerprint density at radius 2 is 1.86 bits per heavy atom. The van der Waals surface area contributed by atoms with Crippen molar-refractivity contribution in [3.8, 4) is 17.0 Å². The van der Waals surface area contributed by atoms with Crippen molar-refractivity contribution in [2.45, 2.75) is 13.3 Å². The lowest BCUT2D eigenvalue weighted by Gasteiger charge is -2.12. The van der Waals surface area contributed by atoms with Gasteiger partial charge in [-0.15, -0.1) is 0 Å². The molecular weight excluding hydrogens is 460 g/mol. The molecule has 2 aromatic carbocycles. The Hall–Kier alpha value is -4.16. The summed E-state index contributed by atoms with van der Waals surface area (Å²) in [5.41, 5.74) is 6.69. The van der Waals surface area contributed by atoms with Gasteiger partial charge >= 0.3 is 0 Å². The molecule has 0 fully saturated rings. The number of pyridine rings is 2. The highest BCUT2D eigenvalue weighted by Crippen LogP contribution is 2.24. The SMILES string of the molecule is COc1cnc(C(=O)Nc2ccc(-c3cn4cccc(C)c4n3)cc2)c(Cc2ccc(Cl)cc2)c1. The number of aromatic nitrogens is 3. The molecule has 0 unspecified atom stereocenters. The number of nitrogens with zero attached hydrogens (tertiary/aromatic N) is 3. The molecule has 0 atom stereocenters. The number of halogens is 1. The lowest BCUT2D eigenvalue weighted by molar-refractivity contribution is 0.102. The van der Waals surface area contributed by atoms with Gasteiger partial charge in [0.2, 0.25) is 0 Å². The van der Waals surface area contributed by atoms with E-state index < -0.39 is 0 Å². The van der Waals surface area contributed by atoms with E-state index in [9.17, 15) is 4.79 Å². The molecular formula is C28H23ClN4O2. The number of anilines is 1. The molecule has 6 nitrogen and oxygen atoms in total.